The highest BCUT2D eigenvalue weighted by Gasteiger charge is 2.04. The topological polar surface area (TPSA) is 65.7 Å². The van der Waals surface area contributed by atoms with Crippen LogP contribution >= 0.6 is 38.5 Å². The Bertz CT molecular complexity index is 617. The highest BCUT2D eigenvalue weighted by Crippen LogP contribution is 2.22. The van der Waals surface area contributed by atoms with Crippen LogP contribution in [-0.4, -0.2) is 9.97 Å². The molecular formula is C8H4BrIN2O2. The number of hydrogen-bond donors (Lipinski definition) is 2. The third-order valence-corrected chi connectivity index (χ3v) is 4.07. The summed E-state index contributed by atoms with van der Waals surface area (Å²) >= 11 is 5.43. The number of halogens is 2. The van der Waals surface area contributed by atoms with Gasteiger partial charge in [-0.15, -0.1) is 0 Å². The Morgan fingerprint density at radius 2 is 1.93 bits per heavy atom. The Morgan fingerprint density at radius 1 is 1.21 bits per heavy atom. The first kappa shape index (κ1) is 9.91. The van der Waals surface area contributed by atoms with Gasteiger partial charge in [-0.1, -0.05) is 0 Å². The van der Waals surface area contributed by atoms with E-state index in [4.69, 9.17) is 0 Å². The molecule has 1 heterocycles. The molecule has 6 heteroatoms. The molecule has 0 saturated carbocycles. The summed E-state index contributed by atoms with van der Waals surface area (Å²) in [7, 11) is 0. The van der Waals surface area contributed by atoms with Gasteiger partial charge in [0.2, 0.25) is 0 Å². The summed E-state index contributed by atoms with van der Waals surface area (Å²) in [5, 5.41) is 0.484. The first-order valence-corrected chi connectivity index (χ1v) is 5.56. The monoisotopic (exact) mass is 366 g/mol. The van der Waals surface area contributed by atoms with E-state index in [1.54, 1.807) is 12.1 Å². The van der Waals surface area contributed by atoms with E-state index in [0.29, 0.717) is 10.9 Å². The van der Waals surface area contributed by atoms with Gasteiger partial charge in [-0.25, -0.2) is 4.79 Å². The fourth-order valence-electron chi connectivity index (χ4n) is 1.16. The number of aromatic nitrogens is 2. The number of rotatable bonds is 0. The Morgan fingerprint density at radius 3 is 2.64 bits per heavy atom. The molecule has 0 bridgehead atoms. The minimum Gasteiger partial charge on any atom is -0.307 e. The second-order valence-electron chi connectivity index (χ2n) is 2.72. The molecule has 0 unspecified atom stereocenters. The smallest absolute Gasteiger partial charge is 0.307 e. The van der Waals surface area contributed by atoms with Crippen molar-refractivity contribution >= 4 is 49.4 Å². The number of hydrogen-bond acceptors (Lipinski definition) is 2. The number of nitrogens with one attached hydrogen (secondary N) is 2. The summed E-state index contributed by atoms with van der Waals surface area (Å²) in [4.78, 5) is 27.1. The summed E-state index contributed by atoms with van der Waals surface area (Å²) < 4.78 is 1.78. The lowest BCUT2D eigenvalue weighted by molar-refractivity contribution is 1.08. The summed E-state index contributed by atoms with van der Waals surface area (Å²) in [5.74, 6) is 0. The van der Waals surface area contributed by atoms with Crippen LogP contribution < -0.4 is 11.2 Å². The number of H-pyrrole nitrogens is 2. The van der Waals surface area contributed by atoms with Crippen molar-refractivity contribution in [3.05, 3.63) is 41.0 Å². The van der Waals surface area contributed by atoms with Crippen molar-refractivity contribution in [1.82, 2.24) is 9.97 Å². The zero-order chi connectivity index (χ0) is 10.3. The fraction of sp³-hybridized carbons (Fsp3) is 0. The molecule has 0 amide bonds. The van der Waals surface area contributed by atoms with Gasteiger partial charge in [0.05, 0.1) is 10.9 Å². The van der Waals surface area contributed by atoms with E-state index in [9.17, 15) is 9.59 Å². The molecule has 0 aliphatic rings. The molecule has 72 valence electrons. The van der Waals surface area contributed by atoms with Crippen molar-refractivity contribution in [2.75, 3.05) is 0 Å². The van der Waals surface area contributed by atoms with Crippen LogP contribution in [-0.2, 0) is 0 Å². The van der Waals surface area contributed by atoms with E-state index in [1.807, 2.05) is 0 Å². The highest BCUT2D eigenvalue weighted by atomic mass is 127. The quantitative estimate of drug-likeness (QED) is 0.695. The lowest BCUT2D eigenvalue weighted by Crippen LogP contribution is -2.21. The minimum atomic E-state index is -0.490. The zero-order valence-corrected chi connectivity index (χ0v) is 10.5. The van der Waals surface area contributed by atoms with Crippen LogP contribution in [0.25, 0.3) is 10.9 Å². The van der Waals surface area contributed by atoms with Crippen molar-refractivity contribution in [2.24, 2.45) is 0 Å². The zero-order valence-electron chi connectivity index (χ0n) is 6.73. The van der Waals surface area contributed by atoms with Crippen molar-refractivity contribution in [3.8, 4) is 0 Å². The number of aromatic amines is 2. The Kier molecular flexibility index (Phi) is 2.48. The second-order valence-corrected chi connectivity index (χ2v) is 4.74. The highest BCUT2D eigenvalue weighted by molar-refractivity contribution is 14.1. The van der Waals surface area contributed by atoms with Crippen molar-refractivity contribution in [1.29, 1.82) is 0 Å². The Hall–Kier alpha value is -0.630. The van der Waals surface area contributed by atoms with Crippen LogP contribution in [0.2, 0.25) is 0 Å². The maximum Gasteiger partial charge on any atom is 0.326 e. The molecule has 0 radical (unpaired) electrons. The predicted octanol–water partition coefficient (Wildman–Crippen LogP) is 1.58. The first-order chi connectivity index (χ1) is 6.58. The van der Waals surface area contributed by atoms with Gasteiger partial charge >= 0.3 is 5.69 Å². The van der Waals surface area contributed by atoms with Crippen molar-refractivity contribution in [2.45, 2.75) is 0 Å². The summed E-state index contributed by atoms with van der Waals surface area (Å²) in [6.07, 6.45) is 0. The minimum absolute atomic E-state index is 0.367. The fourth-order valence-corrected chi connectivity index (χ4v) is 1.97. The van der Waals surface area contributed by atoms with Gasteiger partial charge in [-0.2, -0.15) is 0 Å². The molecule has 2 N–H and O–H groups in total. The largest absolute Gasteiger partial charge is 0.326 e. The first-order valence-electron chi connectivity index (χ1n) is 3.69. The lowest BCUT2D eigenvalue weighted by Gasteiger charge is -1.99. The van der Waals surface area contributed by atoms with Gasteiger partial charge in [-0.3, -0.25) is 9.78 Å². The second kappa shape index (κ2) is 3.50. The standard InChI is InChI=1S/C8H4BrIN2O2/c9-4-2-6-3(1-5(4)10)7(13)12-8(14)11-6/h1-2H,(H2,11,12,13,14). The molecule has 2 rings (SSSR count). The van der Waals surface area contributed by atoms with Gasteiger partial charge in [-0.05, 0) is 50.7 Å². The molecule has 14 heavy (non-hydrogen) atoms. The Balaban J connectivity index is 3.03. The molecule has 2 aromatic rings. The van der Waals surface area contributed by atoms with E-state index in [2.05, 4.69) is 48.5 Å². The molecule has 0 spiro atoms. The molecule has 1 aromatic heterocycles. The third-order valence-electron chi connectivity index (χ3n) is 1.78. The lowest BCUT2D eigenvalue weighted by atomic mass is 10.2. The maximum atomic E-state index is 11.4. The predicted molar refractivity (Wildman–Crippen MR) is 65.6 cm³/mol. The molecule has 0 saturated heterocycles. The number of fused-ring (bicyclic) bond motifs is 1. The molecule has 0 aliphatic carbocycles. The SMILES string of the molecule is O=c1[nH]c(=O)c2cc(I)c(Br)cc2[nH]1. The summed E-state index contributed by atoms with van der Waals surface area (Å²) in [5.41, 5.74) is -0.323. The average Bonchev–Trinajstić information content (AvgIpc) is 2.08. The van der Waals surface area contributed by atoms with E-state index in [1.165, 1.54) is 0 Å². The summed E-state index contributed by atoms with van der Waals surface area (Å²) in [6.45, 7) is 0. The van der Waals surface area contributed by atoms with E-state index >= 15 is 0 Å². The molecule has 4 nitrogen and oxygen atoms in total. The van der Waals surface area contributed by atoms with E-state index in [-0.39, 0.29) is 5.56 Å². The molecule has 0 atom stereocenters. The van der Waals surface area contributed by atoms with Crippen LogP contribution in [0, 0.1) is 3.57 Å². The van der Waals surface area contributed by atoms with Crippen LogP contribution in [0.1, 0.15) is 0 Å². The van der Waals surface area contributed by atoms with Crippen LogP contribution in [0.5, 0.6) is 0 Å². The van der Waals surface area contributed by atoms with Gasteiger partial charge in [0.15, 0.2) is 0 Å². The average molecular weight is 367 g/mol. The van der Waals surface area contributed by atoms with Gasteiger partial charge in [0, 0.05) is 8.04 Å². The van der Waals surface area contributed by atoms with Crippen molar-refractivity contribution < 1.29 is 0 Å². The molecule has 1 aromatic carbocycles. The molecule has 0 aliphatic heterocycles. The number of benzene rings is 1. The van der Waals surface area contributed by atoms with E-state index in [0.717, 1.165) is 8.04 Å². The Labute approximate surface area is 100 Å². The van der Waals surface area contributed by atoms with Crippen molar-refractivity contribution in [3.63, 3.8) is 0 Å². The van der Waals surface area contributed by atoms with Crippen LogP contribution in [0.15, 0.2) is 26.2 Å². The molecule has 0 fully saturated rings. The van der Waals surface area contributed by atoms with E-state index < -0.39 is 5.69 Å². The summed E-state index contributed by atoms with van der Waals surface area (Å²) in [6, 6.07) is 3.43. The van der Waals surface area contributed by atoms with Gasteiger partial charge < -0.3 is 4.98 Å². The maximum absolute atomic E-state index is 11.4. The third kappa shape index (κ3) is 1.63. The van der Waals surface area contributed by atoms with Crippen LogP contribution in [0.4, 0.5) is 0 Å². The molecular weight excluding hydrogens is 363 g/mol. The normalized spacial score (nSPS) is 10.7. The van der Waals surface area contributed by atoms with Gasteiger partial charge in [0.1, 0.15) is 0 Å². The van der Waals surface area contributed by atoms with Crippen LogP contribution in [0.3, 0.4) is 0 Å². The van der Waals surface area contributed by atoms with Gasteiger partial charge in [0.25, 0.3) is 5.56 Å².